The van der Waals surface area contributed by atoms with E-state index in [2.05, 4.69) is 22.3 Å². The lowest BCUT2D eigenvalue weighted by Gasteiger charge is -2.31. The first-order chi connectivity index (χ1) is 16.0. The van der Waals surface area contributed by atoms with Crippen molar-refractivity contribution in [1.82, 2.24) is 9.80 Å². The minimum atomic E-state index is -0.189. The zero-order valence-corrected chi connectivity index (χ0v) is 19.7. The first-order valence-electron chi connectivity index (χ1n) is 11.7. The highest BCUT2D eigenvalue weighted by atomic mass is 32.1. The van der Waals surface area contributed by atoms with E-state index >= 15 is 0 Å². The standard InChI is InChI=1S/C25H32N4O3S/c26-23(30)19-10-14-28(15-11-19)13-9-18-5-7-21(8-6-18)27-24(31)20-3-1-12-29(17-20)25(32)22-4-2-16-33-22/h2,4-8,16,19-20H,1,3,9-15,17H2,(H2,26,30)(H,27,31). The molecule has 1 aromatic heterocycles. The van der Waals surface area contributed by atoms with Crippen LogP contribution in [0.3, 0.4) is 0 Å². The Bertz CT molecular complexity index is 953. The number of likely N-dealkylation sites (tertiary alicyclic amines) is 2. The van der Waals surface area contributed by atoms with Crippen LogP contribution in [0.15, 0.2) is 41.8 Å². The lowest BCUT2D eigenvalue weighted by atomic mass is 9.96. The van der Waals surface area contributed by atoms with Gasteiger partial charge in [-0.1, -0.05) is 18.2 Å². The Hall–Kier alpha value is -2.71. The van der Waals surface area contributed by atoms with Gasteiger partial charge in [0, 0.05) is 31.2 Å². The molecule has 176 valence electrons. The Balaban J connectivity index is 1.23. The van der Waals surface area contributed by atoms with E-state index in [9.17, 15) is 14.4 Å². The molecule has 0 radical (unpaired) electrons. The van der Waals surface area contributed by atoms with Gasteiger partial charge in [0.05, 0.1) is 10.8 Å². The first kappa shape index (κ1) is 23.4. The van der Waals surface area contributed by atoms with Crippen LogP contribution >= 0.6 is 11.3 Å². The van der Waals surface area contributed by atoms with Crippen LogP contribution in [-0.2, 0) is 16.0 Å². The lowest BCUT2D eigenvalue weighted by molar-refractivity contribution is -0.123. The molecule has 4 rings (SSSR count). The lowest BCUT2D eigenvalue weighted by Crippen LogP contribution is -2.43. The van der Waals surface area contributed by atoms with Gasteiger partial charge in [-0.2, -0.15) is 0 Å². The first-order valence-corrected chi connectivity index (χ1v) is 12.6. The molecule has 2 fully saturated rings. The van der Waals surface area contributed by atoms with Crippen molar-refractivity contribution >= 4 is 34.7 Å². The zero-order valence-electron chi connectivity index (χ0n) is 18.9. The molecule has 3 heterocycles. The summed E-state index contributed by atoms with van der Waals surface area (Å²) in [6.45, 7) is 3.94. The number of carbonyl (C=O) groups is 3. The van der Waals surface area contributed by atoms with Crippen LogP contribution in [0.5, 0.6) is 0 Å². The molecule has 1 unspecified atom stereocenters. The van der Waals surface area contributed by atoms with Gasteiger partial charge in [0.15, 0.2) is 0 Å². The number of anilines is 1. The Kier molecular flexibility index (Phi) is 7.77. The molecule has 1 atom stereocenters. The summed E-state index contributed by atoms with van der Waals surface area (Å²) in [5.41, 5.74) is 7.41. The fraction of sp³-hybridized carbons (Fsp3) is 0.480. The normalized spacial score (nSPS) is 19.9. The fourth-order valence-corrected chi connectivity index (χ4v) is 5.35. The third-order valence-electron chi connectivity index (χ3n) is 6.74. The monoisotopic (exact) mass is 468 g/mol. The van der Waals surface area contributed by atoms with Gasteiger partial charge in [-0.25, -0.2) is 0 Å². The quantitative estimate of drug-likeness (QED) is 0.653. The predicted octanol–water partition coefficient (Wildman–Crippen LogP) is 2.98. The molecule has 0 aliphatic carbocycles. The van der Waals surface area contributed by atoms with Crippen molar-refractivity contribution in [2.45, 2.75) is 32.1 Å². The molecule has 0 bridgehead atoms. The maximum absolute atomic E-state index is 12.8. The van der Waals surface area contributed by atoms with Crippen LogP contribution in [-0.4, -0.2) is 60.2 Å². The summed E-state index contributed by atoms with van der Waals surface area (Å²) in [5, 5.41) is 4.93. The summed E-state index contributed by atoms with van der Waals surface area (Å²) < 4.78 is 0. The number of rotatable bonds is 7. The second-order valence-electron chi connectivity index (χ2n) is 9.02. The molecule has 0 saturated carbocycles. The zero-order chi connectivity index (χ0) is 23.2. The van der Waals surface area contributed by atoms with Crippen molar-refractivity contribution < 1.29 is 14.4 Å². The molecule has 3 N–H and O–H groups in total. The summed E-state index contributed by atoms with van der Waals surface area (Å²) in [4.78, 5) is 41.7. The summed E-state index contributed by atoms with van der Waals surface area (Å²) in [6.07, 6.45) is 4.25. The SMILES string of the molecule is NC(=O)C1CCN(CCc2ccc(NC(=O)C3CCCN(C(=O)c4cccs4)C3)cc2)CC1. The summed E-state index contributed by atoms with van der Waals surface area (Å²) in [6, 6.07) is 11.7. The number of piperidine rings is 2. The number of hydrogen-bond acceptors (Lipinski definition) is 5. The molecule has 2 saturated heterocycles. The van der Waals surface area contributed by atoms with Crippen molar-refractivity contribution in [3.63, 3.8) is 0 Å². The number of hydrogen-bond donors (Lipinski definition) is 2. The molecule has 33 heavy (non-hydrogen) atoms. The highest BCUT2D eigenvalue weighted by Crippen LogP contribution is 2.22. The van der Waals surface area contributed by atoms with E-state index in [-0.39, 0.29) is 29.6 Å². The highest BCUT2D eigenvalue weighted by molar-refractivity contribution is 7.12. The number of benzene rings is 1. The number of amides is 3. The van der Waals surface area contributed by atoms with Gasteiger partial charge >= 0.3 is 0 Å². The summed E-state index contributed by atoms with van der Waals surface area (Å²) in [5.74, 6) is -0.350. The number of thiophene rings is 1. The van der Waals surface area contributed by atoms with E-state index in [1.54, 1.807) is 4.90 Å². The van der Waals surface area contributed by atoms with Gasteiger partial charge in [0.1, 0.15) is 0 Å². The number of carbonyl (C=O) groups excluding carboxylic acids is 3. The van der Waals surface area contributed by atoms with E-state index in [0.717, 1.165) is 62.3 Å². The number of nitrogens with two attached hydrogens (primary N) is 1. The van der Waals surface area contributed by atoms with Crippen molar-refractivity contribution in [1.29, 1.82) is 0 Å². The number of nitrogens with zero attached hydrogens (tertiary/aromatic N) is 2. The van der Waals surface area contributed by atoms with Gasteiger partial charge in [0.25, 0.3) is 5.91 Å². The van der Waals surface area contributed by atoms with Gasteiger partial charge in [-0.3, -0.25) is 14.4 Å². The minimum Gasteiger partial charge on any atom is -0.369 e. The summed E-state index contributed by atoms with van der Waals surface area (Å²) in [7, 11) is 0. The molecule has 2 aromatic rings. The molecular weight excluding hydrogens is 436 g/mol. The van der Waals surface area contributed by atoms with E-state index < -0.39 is 0 Å². The van der Waals surface area contributed by atoms with Crippen molar-refractivity contribution in [3.8, 4) is 0 Å². The predicted molar refractivity (Wildman–Crippen MR) is 130 cm³/mol. The van der Waals surface area contributed by atoms with Crippen LogP contribution in [0.1, 0.15) is 40.9 Å². The number of primary amides is 1. The van der Waals surface area contributed by atoms with Crippen LogP contribution in [0.25, 0.3) is 0 Å². The average molecular weight is 469 g/mol. The molecule has 7 nitrogen and oxygen atoms in total. The molecular formula is C25H32N4O3S. The smallest absolute Gasteiger partial charge is 0.263 e. The third kappa shape index (κ3) is 6.21. The number of nitrogens with one attached hydrogen (secondary N) is 1. The van der Waals surface area contributed by atoms with E-state index in [4.69, 9.17) is 5.73 Å². The van der Waals surface area contributed by atoms with Crippen molar-refractivity contribution in [2.24, 2.45) is 17.6 Å². The molecule has 0 spiro atoms. The molecule has 2 aliphatic heterocycles. The topological polar surface area (TPSA) is 95.7 Å². The fourth-order valence-electron chi connectivity index (χ4n) is 4.66. The van der Waals surface area contributed by atoms with Gasteiger partial charge in [-0.15, -0.1) is 11.3 Å². The molecule has 3 amide bonds. The van der Waals surface area contributed by atoms with Crippen LogP contribution < -0.4 is 11.1 Å². The third-order valence-corrected chi connectivity index (χ3v) is 7.60. The van der Waals surface area contributed by atoms with Crippen LogP contribution in [0, 0.1) is 11.8 Å². The second-order valence-corrected chi connectivity index (χ2v) is 9.97. The molecule has 8 heteroatoms. The minimum absolute atomic E-state index is 0.0192. The van der Waals surface area contributed by atoms with Crippen LogP contribution in [0.2, 0.25) is 0 Å². The van der Waals surface area contributed by atoms with E-state index in [1.807, 2.05) is 29.6 Å². The van der Waals surface area contributed by atoms with Crippen molar-refractivity contribution in [3.05, 3.63) is 52.2 Å². The maximum Gasteiger partial charge on any atom is 0.263 e. The summed E-state index contributed by atoms with van der Waals surface area (Å²) >= 11 is 1.44. The molecule has 2 aliphatic rings. The van der Waals surface area contributed by atoms with Crippen LogP contribution in [0.4, 0.5) is 5.69 Å². The van der Waals surface area contributed by atoms with Gasteiger partial charge < -0.3 is 20.9 Å². The maximum atomic E-state index is 12.8. The van der Waals surface area contributed by atoms with Crippen molar-refractivity contribution in [2.75, 3.05) is 38.0 Å². The molecule has 1 aromatic carbocycles. The average Bonchev–Trinajstić information content (AvgIpc) is 3.38. The Morgan fingerprint density at radius 2 is 1.76 bits per heavy atom. The van der Waals surface area contributed by atoms with E-state index in [0.29, 0.717) is 13.1 Å². The Morgan fingerprint density at radius 3 is 2.42 bits per heavy atom. The Labute approximate surface area is 198 Å². The largest absolute Gasteiger partial charge is 0.369 e. The van der Waals surface area contributed by atoms with E-state index in [1.165, 1.54) is 16.9 Å². The Morgan fingerprint density at radius 1 is 1.00 bits per heavy atom. The second kappa shape index (κ2) is 10.9. The van der Waals surface area contributed by atoms with Gasteiger partial charge in [-0.05, 0) is 74.3 Å². The van der Waals surface area contributed by atoms with Gasteiger partial charge in [0.2, 0.25) is 11.8 Å². The highest BCUT2D eigenvalue weighted by Gasteiger charge is 2.29.